The van der Waals surface area contributed by atoms with Crippen LogP contribution in [0.15, 0.2) is 24.3 Å². The molecular formula is C17H23N3O. The van der Waals surface area contributed by atoms with Crippen LogP contribution in [0.2, 0.25) is 0 Å². The third-order valence-corrected chi connectivity index (χ3v) is 5.28. The Morgan fingerprint density at radius 1 is 1.14 bits per heavy atom. The van der Waals surface area contributed by atoms with Crippen LogP contribution in [0.5, 0.6) is 0 Å². The maximum atomic E-state index is 12.8. The molecule has 3 aliphatic rings. The molecule has 1 aromatic carbocycles. The van der Waals surface area contributed by atoms with Crippen LogP contribution in [-0.2, 0) is 17.8 Å². The molecule has 4 nitrogen and oxygen atoms in total. The van der Waals surface area contributed by atoms with E-state index in [4.69, 9.17) is 0 Å². The number of rotatable bonds is 1. The van der Waals surface area contributed by atoms with Crippen molar-refractivity contribution in [2.24, 2.45) is 0 Å². The van der Waals surface area contributed by atoms with Crippen molar-refractivity contribution in [3.05, 3.63) is 35.4 Å². The van der Waals surface area contributed by atoms with Crippen molar-refractivity contribution in [1.29, 1.82) is 0 Å². The molecule has 3 heterocycles. The highest BCUT2D eigenvalue weighted by Gasteiger charge is 2.35. The van der Waals surface area contributed by atoms with E-state index in [9.17, 15) is 4.79 Å². The lowest BCUT2D eigenvalue weighted by Gasteiger charge is -2.39. The van der Waals surface area contributed by atoms with Gasteiger partial charge in [0, 0.05) is 32.2 Å². The van der Waals surface area contributed by atoms with E-state index in [1.807, 2.05) is 0 Å². The summed E-state index contributed by atoms with van der Waals surface area (Å²) in [4.78, 5) is 17.4. The molecule has 0 saturated carbocycles. The van der Waals surface area contributed by atoms with Gasteiger partial charge in [-0.25, -0.2) is 0 Å². The summed E-state index contributed by atoms with van der Waals surface area (Å²) in [7, 11) is 0. The van der Waals surface area contributed by atoms with Gasteiger partial charge < -0.3 is 10.2 Å². The minimum atomic E-state index is -0.0344. The molecule has 1 N–H and O–H groups in total. The number of hydrogen-bond donors (Lipinski definition) is 1. The molecule has 4 heteroatoms. The van der Waals surface area contributed by atoms with Crippen molar-refractivity contribution >= 4 is 5.91 Å². The Labute approximate surface area is 126 Å². The highest BCUT2D eigenvalue weighted by Crippen LogP contribution is 2.23. The lowest BCUT2D eigenvalue weighted by molar-refractivity contribution is -0.136. The first-order chi connectivity index (χ1) is 10.3. The highest BCUT2D eigenvalue weighted by atomic mass is 16.2. The molecule has 0 radical (unpaired) electrons. The van der Waals surface area contributed by atoms with Gasteiger partial charge in [-0.15, -0.1) is 0 Å². The van der Waals surface area contributed by atoms with Gasteiger partial charge in [0.25, 0.3) is 0 Å². The first-order valence-electron chi connectivity index (χ1n) is 8.14. The topological polar surface area (TPSA) is 35.6 Å². The van der Waals surface area contributed by atoms with Crippen molar-refractivity contribution < 1.29 is 4.79 Å². The second kappa shape index (κ2) is 5.43. The molecule has 0 aromatic heterocycles. The van der Waals surface area contributed by atoms with Gasteiger partial charge >= 0.3 is 0 Å². The van der Waals surface area contributed by atoms with Crippen LogP contribution in [0, 0.1) is 0 Å². The Bertz CT molecular complexity index is 545. The lowest BCUT2D eigenvalue weighted by atomic mass is 9.95. The molecule has 0 spiro atoms. The maximum absolute atomic E-state index is 12.8. The number of carbonyl (C=O) groups is 1. The molecular weight excluding hydrogens is 262 g/mol. The SMILES string of the molecule is O=C([C@@H]1Cc2ccccc2CN1)N1CCN2CCCC2C1. The number of amides is 1. The minimum absolute atomic E-state index is 0.0344. The predicted octanol–water partition coefficient (Wildman–Crippen LogP) is 1.01. The second-order valence-corrected chi connectivity index (χ2v) is 6.52. The van der Waals surface area contributed by atoms with Crippen LogP contribution >= 0.6 is 0 Å². The fourth-order valence-corrected chi connectivity index (χ4v) is 4.04. The first kappa shape index (κ1) is 13.3. The predicted molar refractivity (Wildman–Crippen MR) is 81.9 cm³/mol. The summed E-state index contributed by atoms with van der Waals surface area (Å²) >= 11 is 0. The van der Waals surface area contributed by atoms with Crippen LogP contribution in [0.3, 0.4) is 0 Å². The monoisotopic (exact) mass is 285 g/mol. The number of benzene rings is 1. The van der Waals surface area contributed by atoms with Gasteiger partial charge in [-0.2, -0.15) is 0 Å². The Morgan fingerprint density at radius 2 is 2.00 bits per heavy atom. The molecule has 0 bridgehead atoms. The Morgan fingerprint density at radius 3 is 2.90 bits per heavy atom. The normalized spacial score (nSPS) is 29.0. The standard InChI is InChI=1S/C17H23N3O/c21-17(20-9-8-19-7-3-6-15(19)12-20)16-10-13-4-1-2-5-14(13)11-18-16/h1-2,4-5,15-16,18H,3,6-12H2/t15?,16-/m0/s1. The molecule has 2 saturated heterocycles. The van der Waals surface area contributed by atoms with Crippen molar-refractivity contribution in [1.82, 2.24) is 15.1 Å². The third-order valence-electron chi connectivity index (χ3n) is 5.28. The van der Waals surface area contributed by atoms with Crippen molar-refractivity contribution in [3.63, 3.8) is 0 Å². The van der Waals surface area contributed by atoms with Crippen LogP contribution in [0.4, 0.5) is 0 Å². The number of hydrogen-bond acceptors (Lipinski definition) is 3. The van der Waals surface area contributed by atoms with Crippen molar-refractivity contribution in [3.8, 4) is 0 Å². The molecule has 1 amide bonds. The molecule has 4 rings (SSSR count). The van der Waals surface area contributed by atoms with E-state index < -0.39 is 0 Å². The van der Waals surface area contributed by atoms with Gasteiger partial charge in [-0.3, -0.25) is 9.69 Å². The average Bonchev–Trinajstić information content (AvgIpc) is 3.01. The highest BCUT2D eigenvalue weighted by molar-refractivity contribution is 5.82. The minimum Gasteiger partial charge on any atom is -0.338 e. The molecule has 0 aliphatic carbocycles. The molecule has 1 unspecified atom stereocenters. The van der Waals surface area contributed by atoms with E-state index in [2.05, 4.69) is 39.4 Å². The maximum Gasteiger partial charge on any atom is 0.240 e. The van der Waals surface area contributed by atoms with E-state index in [1.165, 1.54) is 30.5 Å². The number of nitrogens with zero attached hydrogens (tertiary/aromatic N) is 2. The van der Waals surface area contributed by atoms with Gasteiger partial charge in [0.15, 0.2) is 0 Å². The summed E-state index contributed by atoms with van der Waals surface area (Å²) < 4.78 is 0. The zero-order chi connectivity index (χ0) is 14.2. The van der Waals surface area contributed by atoms with Crippen molar-refractivity contribution in [2.75, 3.05) is 26.2 Å². The third kappa shape index (κ3) is 2.47. The van der Waals surface area contributed by atoms with E-state index >= 15 is 0 Å². The summed E-state index contributed by atoms with van der Waals surface area (Å²) in [5.41, 5.74) is 2.66. The van der Waals surface area contributed by atoms with Gasteiger partial charge in [-0.1, -0.05) is 24.3 Å². The zero-order valence-corrected chi connectivity index (χ0v) is 12.4. The molecule has 1 aromatic rings. The zero-order valence-electron chi connectivity index (χ0n) is 12.4. The summed E-state index contributed by atoms with van der Waals surface area (Å²) in [6, 6.07) is 9.03. The number of nitrogens with one attached hydrogen (secondary N) is 1. The fraction of sp³-hybridized carbons (Fsp3) is 0.588. The Kier molecular flexibility index (Phi) is 3.43. The molecule has 2 fully saturated rings. The lowest BCUT2D eigenvalue weighted by Crippen LogP contribution is -2.57. The number of carbonyl (C=O) groups excluding carboxylic acids is 1. The van der Waals surface area contributed by atoms with E-state index in [1.54, 1.807) is 0 Å². The fourth-order valence-electron chi connectivity index (χ4n) is 4.04. The quantitative estimate of drug-likeness (QED) is 0.836. The summed E-state index contributed by atoms with van der Waals surface area (Å²) in [6.07, 6.45) is 3.38. The number of fused-ring (bicyclic) bond motifs is 2. The summed E-state index contributed by atoms with van der Waals surface area (Å²) in [5.74, 6) is 0.302. The van der Waals surface area contributed by atoms with E-state index in [0.717, 1.165) is 32.6 Å². The molecule has 112 valence electrons. The van der Waals surface area contributed by atoms with Crippen LogP contribution in [0.1, 0.15) is 24.0 Å². The average molecular weight is 285 g/mol. The largest absolute Gasteiger partial charge is 0.338 e. The molecule has 2 atom stereocenters. The van der Waals surface area contributed by atoms with Crippen LogP contribution < -0.4 is 5.32 Å². The Hall–Kier alpha value is -1.39. The smallest absolute Gasteiger partial charge is 0.240 e. The van der Waals surface area contributed by atoms with Gasteiger partial charge in [0.1, 0.15) is 0 Å². The summed E-state index contributed by atoms with van der Waals surface area (Å²) in [5, 5.41) is 3.43. The van der Waals surface area contributed by atoms with Crippen LogP contribution in [0.25, 0.3) is 0 Å². The van der Waals surface area contributed by atoms with Gasteiger partial charge in [0.05, 0.1) is 6.04 Å². The second-order valence-electron chi connectivity index (χ2n) is 6.52. The Balaban J connectivity index is 1.44. The van der Waals surface area contributed by atoms with Crippen LogP contribution in [-0.4, -0.2) is 54.0 Å². The first-order valence-corrected chi connectivity index (χ1v) is 8.14. The van der Waals surface area contributed by atoms with Gasteiger partial charge in [0.2, 0.25) is 5.91 Å². The number of piperazine rings is 1. The van der Waals surface area contributed by atoms with Gasteiger partial charge in [-0.05, 0) is 36.9 Å². The van der Waals surface area contributed by atoms with E-state index in [-0.39, 0.29) is 6.04 Å². The molecule has 3 aliphatic heterocycles. The summed E-state index contributed by atoms with van der Waals surface area (Å²) in [6.45, 7) is 4.92. The van der Waals surface area contributed by atoms with Crippen molar-refractivity contribution in [2.45, 2.75) is 37.9 Å². The van der Waals surface area contributed by atoms with E-state index in [0.29, 0.717) is 11.9 Å². The molecule has 21 heavy (non-hydrogen) atoms.